The summed E-state index contributed by atoms with van der Waals surface area (Å²) in [6, 6.07) is 30.9. The van der Waals surface area contributed by atoms with E-state index in [9.17, 15) is 4.79 Å². The molecule has 174 valence electrons. The number of fused-ring (bicyclic) bond motifs is 1. The van der Waals surface area contributed by atoms with Crippen molar-refractivity contribution in [3.63, 3.8) is 0 Å². The quantitative estimate of drug-likeness (QED) is 0.301. The van der Waals surface area contributed by atoms with Gasteiger partial charge in [-0.25, -0.2) is 4.98 Å². The van der Waals surface area contributed by atoms with Crippen LogP contribution in [0.15, 0.2) is 97.2 Å². The zero-order valence-electron chi connectivity index (χ0n) is 20.2. The van der Waals surface area contributed by atoms with Crippen molar-refractivity contribution in [1.82, 2.24) is 14.7 Å². The molecule has 35 heavy (non-hydrogen) atoms. The number of benzene rings is 3. The van der Waals surface area contributed by atoms with Crippen LogP contribution in [-0.2, 0) is 17.8 Å². The summed E-state index contributed by atoms with van der Waals surface area (Å²) in [5, 5.41) is 3.05. The third kappa shape index (κ3) is 5.02. The number of imidazole rings is 1. The molecule has 0 fully saturated rings. The van der Waals surface area contributed by atoms with E-state index in [0.717, 1.165) is 33.7 Å². The molecule has 3 aromatic carbocycles. The Bertz CT molecular complexity index is 1470. The molecule has 0 saturated heterocycles. The molecule has 4 nitrogen and oxygen atoms in total. The Hall–Kier alpha value is -4.18. The highest BCUT2D eigenvalue weighted by Crippen LogP contribution is 2.29. The van der Waals surface area contributed by atoms with Crippen LogP contribution in [0.4, 0.5) is 0 Å². The van der Waals surface area contributed by atoms with Gasteiger partial charge in [0.25, 0.3) is 0 Å². The lowest BCUT2D eigenvalue weighted by molar-refractivity contribution is -0.121. The van der Waals surface area contributed by atoms with Crippen molar-refractivity contribution in [2.45, 2.75) is 33.2 Å². The van der Waals surface area contributed by atoms with E-state index in [4.69, 9.17) is 4.98 Å². The van der Waals surface area contributed by atoms with E-state index in [0.29, 0.717) is 19.4 Å². The zero-order valence-corrected chi connectivity index (χ0v) is 20.2. The molecule has 1 N–H and O–H groups in total. The number of hydrogen-bond donors (Lipinski definition) is 1. The van der Waals surface area contributed by atoms with Gasteiger partial charge in [-0.3, -0.25) is 4.79 Å². The summed E-state index contributed by atoms with van der Waals surface area (Å²) >= 11 is 0. The maximum Gasteiger partial charge on any atom is 0.220 e. The average molecular weight is 460 g/mol. The van der Waals surface area contributed by atoms with E-state index in [1.54, 1.807) is 0 Å². The van der Waals surface area contributed by atoms with Gasteiger partial charge in [-0.1, -0.05) is 84.4 Å². The molecule has 4 heteroatoms. The molecule has 0 spiro atoms. The molecule has 5 rings (SSSR count). The standard InChI is InChI=1S/C31H29N3O/c1-22-13-14-23(2)27(19-22)26-15-17-29-33-31(25-11-7-4-8-12-25)28(34(29)21-26)16-18-30(35)32-20-24-9-5-3-6-10-24/h3-15,17,19,21H,16,18,20H2,1-2H3,(H,32,35). The largest absolute Gasteiger partial charge is 0.352 e. The van der Waals surface area contributed by atoms with E-state index in [-0.39, 0.29) is 5.91 Å². The van der Waals surface area contributed by atoms with Crippen LogP contribution in [0, 0.1) is 13.8 Å². The minimum Gasteiger partial charge on any atom is -0.352 e. The second-order valence-corrected chi connectivity index (χ2v) is 9.00. The summed E-state index contributed by atoms with van der Waals surface area (Å²) < 4.78 is 2.16. The first kappa shape index (κ1) is 22.6. The number of aryl methyl sites for hydroxylation is 3. The molecule has 0 atom stereocenters. The van der Waals surface area contributed by atoms with Crippen LogP contribution < -0.4 is 5.32 Å². The Balaban J connectivity index is 1.48. The maximum absolute atomic E-state index is 12.7. The highest BCUT2D eigenvalue weighted by molar-refractivity contribution is 5.77. The van der Waals surface area contributed by atoms with Crippen molar-refractivity contribution in [3.8, 4) is 22.4 Å². The van der Waals surface area contributed by atoms with Crippen molar-refractivity contribution in [2.24, 2.45) is 0 Å². The van der Waals surface area contributed by atoms with Gasteiger partial charge >= 0.3 is 0 Å². The molecular weight excluding hydrogens is 430 g/mol. The van der Waals surface area contributed by atoms with Crippen molar-refractivity contribution in [2.75, 3.05) is 0 Å². The Kier molecular flexibility index (Phi) is 6.44. The van der Waals surface area contributed by atoms with Crippen LogP contribution in [0.2, 0.25) is 0 Å². The van der Waals surface area contributed by atoms with Crippen molar-refractivity contribution in [3.05, 3.63) is 120 Å². The average Bonchev–Trinajstić information content (AvgIpc) is 3.26. The van der Waals surface area contributed by atoms with Crippen molar-refractivity contribution in [1.29, 1.82) is 0 Å². The number of nitrogens with one attached hydrogen (secondary N) is 1. The van der Waals surface area contributed by atoms with Gasteiger partial charge in [-0.15, -0.1) is 0 Å². The maximum atomic E-state index is 12.7. The second-order valence-electron chi connectivity index (χ2n) is 9.00. The third-order valence-electron chi connectivity index (χ3n) is 6.39. The van der Waals surface area contributed by atoms with Crippen LogP contribution in [0.25, 0.3) is 28.0 Å². The molecule has 1 amide bonds. The fraction of sp³-hybridized carbons (Fsp3) is 0.161. The lowest BCUT2D eigenvalue weighted by Gasteiger charge is -2.10. The van der Waals surface area contributed by atoms with E-state index < -0.39 is 0 Å². The van der Waals surface area contributed by atoms with Crippen LogP contribution in [0.1, 0.15) is 28.8 Å². The highest BCUT2D eigenvalue weighted by atomic mass is 16.1. The monoisotopic (exact) mass is 459 g/mol. The Labute approximate surface area is 206 Å². The minimum atomic E-state index is 0.0356. The number of carbonyl (C=O) groups is 1. The first-order valence-corrected chi connectivity index (χ1v) is 12.0. The van der Waals surface area contributed by atoms with Crippen molar-refractivity contribution >= 4 is 11.6 Å². The molecule has 2 heterocycles. The van der Waals surface area contributed by atoms with E-state index in [1.165, 1.54) is 16.7 Å². The van der Waals surface area contributed by atoms with E-state index in [1.807, 2.05) is 48.5 Å². The molecule has 0 aliphatic carbocycles. The molecule has 0 aliphatic heterocycles. The van der Waals surface area contributed by atoms with Gasteiger partial charge in [0.1, 0.15) is 5.65 Å². The molecule has 0 aliphatic rings. The molecular formula is C31H29N3O. The van der Waals surface area contributed by atoms with Gasteiger partial charge < -0.3 is 9.72 Å². The second kappa shape index (κ2) is 9.98. The van der Waals surface area contributed by atoms with Crippen LogP contribution in [0.5, 0.6) is 0 Å². The number of rotatable bonds is 7. The number of carbonyl (C=O) groups excluding carboxylic acids is 1. The molecule has 0 radical (unpaired) electrons. The molecule has 0 unspecified atom stereocenters. The summed E-state index contributed by atoms with van der Waals surface area (Å²) in [6.07, 6.45) is 3.16. The Morgan fingerprint density at radius 2 is 1.60 bits per heavy atom. The van der Waals surface area contributed by atoms with Crippen LogP contribution >= 0.6 is 0 Å². The summed E-state index contributed by atoms with van der Waals surface area (Å²) in [5.41, 5.74) is 9.85. The summed E-state index contributed by atoms with van der Waals surface area (Å²) in [5.74, 6) is 0.0356. The first-order chi connectivity index (χ1) is 17.1. The predicted octanol–water partition coefficient (Wildman–Crippen LogP) is 6.53. The predicted molar refractivity (Wildman–Crippen MR) is 142 cm³/mol. The Morgan fingerprint density at radius 3 is 2.37 bits per heavy atom. The van der Waals surface area contributed by atoms with E-state index >= 15 is 0 Å². The SMILES string of the molecule is Cc1ccc(C)c(-c2ccc3nc(-c4ccccc4)c(CCC(=O)NCc4ccccc4)n3c2)c1. The van der Waals surface area contributed by atoms with Gasteiger partial charge in [0.2, 0.25) is 5.91 Å². The lowest BCUT2D eigenvalue weighted by Crippen LogP contribution is -2.23. The van der Waals surface area contributed by atoms with Crippen molar-refractivity contribution < 1.29 is 4.79 Å². The summed E-state index contributed by atoms with van der Waals surface area (Å²) in [6.45, 7) is 4.79. The normalized spacial score (nSPS) is 11.0. The highest BCUT2D eigenvalue weighted by Gasteiger charge is 2.16. The molecule has 2 aromatic heterocycles. The zero-order chi connectivity index (χ0) is 24.2. The Morgan fingerprint density at radius 1 is 0.857 bits per heavy atom. The molecule has 0 saturated carbocycles. The van der Waals surface area contributed by atoms with E-state index in [2.05, 4.69) is 72.2 Å². The van der Waals surface area contributed by atoms with Gasteiger partial charge in [-0.05, 0) is 54.7 Å². The van der Waals surface area contributed by atoms with Gasteiger partial charge in [0, 0.05) is 24.7 Å². The number of aromatic nitrogens is 2. The number of pyridine rings is 1. The molecule has 5 aromatic rings. The lowest BCUT2D eigenvalue weighted by atomic mass is 10.00. The first-order valence-electron chi connectivity index (χ1n) is 12.0. The number of amides is 1. The summed E-state index contributed by atoms with van der Waals surface area (Å²) in [4.78, 5) is 17.7. The summed E-state index contributed by atoms with van der Waals surface area (Å²) in [7, 11) is 0. The van der Waals surface area contributed by atoms with Gasteiger partial charge in [0.15, 0.2) is 0 Å². The number of hydrogen-bond acceptors (Lipinski definition) is 2. The fourth-order valence-electron chi connectivity index (χ4n) is 4.48. The van der Waals surface area contributed by atoms with Gasteiger partial charge in [-0.2, -0.15) is 0 Å². The fourth-order valence-corrected chi connectivity index (χ4v) is 4.48. The van der Waals surface area contributed by atoms with Crippen LogP contribution in [-0.4, -0.2) is 15.3 Å². The number of nitrogens with zero attached hydrogens (tertiary/aromatic N) is 2. The smallest absolute Gasteiger partial charge is 0.220 e. The minimum absolute atomic E-state index is 0.0356. The van der Waals surface area contributed by atoms with Crippen LogP contribution in [0.3, 0.4) is 0 Å². The molecule has 0 bridgehead atoms. The topological polar surface area (TPSA) is 46.4 Å². The third-order valence-corrected chi connectivity index (χ3v) is 6.39. The van der Waals surface area contributed by atoms with Gasteiger partial charge in [0.05, 0.1) is 11.4 Å².